The summed E-state index contributed by atoms with van der Waals surface area (Å²) in [6.45, 7) is 6.45. The van der Waals surface area contributed by atoms with Gasteiger partial charge in [-0.1, -0.05) is 34.1 Å². The molecule has 1 amide bonds. The van der Waals surface area contributed by atoms with Gasteiger partial charge in [-0.2, -0.15) is 0 Å². The van der Waals surface area contributed by atoms with Crippen molar-refractivity contribution in [3.63, 3.8) is 0 Å². The molecule has 28 heavy (non-hydrogen) atoms. The monoisotopic (exact) mass is 440 g/mol. The van der Waals surface area contributed by atoms with Crippen molar-refractivity contribution in [1.29, 1.82) is 0 Å². The molecule has 2 aromatic rings. The van der Waals surface area contributed by atoms with Crippen LogP contribution in [0.15, 0.2) is 52.1 Å². The molecular formula is C23H25BrN2O2. The van der Waals surface area contributed by atoms with Crippen molar-refractivity contribution < 1.29 is 9.53 Å². The molecule has 0 unspecified atom stereocenters. The second-order valence-corrected chi connectivity index (χ2v) is 9.41. The third-order valence-electron chi connectivity index (χ3n) is 5.20. The van der Waals surface area contributed by atoms with Crippen LogP contribution in [0.2, 0.25) is 0 Å². The van der Waals surface area contributed by atoms with Crippen LogP contribution >= 0.6 is 15.9 Å². The highest BCUT2D eigenvalue weighted by Gasteiger charge is 2.36. The Bertz CT molecular complexity index is 988. The zero-order valence-corrected chi connectivity index (χ0v) is 18.1. The van der Waals surface area contributed by atoms with Crippen LogP contribution < -0.4 is 0 Å². The highest BCUT2D eigenvalue weighted by atomic mass is 79.9. The van der Waals surface area contributed by atoms with E-state index in [1.165, 1.54) is 21.9 Å². The second kappa shape index (κ2) is 7.36. The van der Waals surface area contributed by atoms with E-state index in [4.69, 9.17) is 9.73 Å². The molecule has 2 heterocycles. The Morgan fingerprint density at radius 1 is 1.18 bits per heavy atom. The summed E-state index contributed by atoms with van der Waals surface area (Å²) in [7, 11) is 0. The number of nitrogens with zero attached hydrogens (tertiary/aromatic N) is 2. The number of rotatable bonds is 2. The quantitative estimate of drug-likeness (QED) is 0.558. The van der Waals surface area contributed by atoms with Crippen LogP contribution in [0.1, 0.15) is 45.6 Å². The second-order valence-electron chi connectivity index (χ2n) is 8.49. The van der Waals surface area contributed by atoms with Crippen molar-refractivity contribution in [1.82, 2.24) is 4.90 Å². The third-order valence-corrected chi connectivity index (χ3v) is 5.69. The van der Waals surface area contributed by atoms with Gasteiger partial charge in [0.15, 0.2) is 0 Å². The summed E-state index contributed by atoms with van der Waals surface area (Å²) in [4.78, 5) is 19.1. The largest absolute Gasteiger partial charge is 0.444 e. The van der Waals surface area contributed by atoms with Gasteiger partial charge in [0.2, 0.25) is 0 Å². The average Bonchev–Trinajstić information content (AvgIpc) is 3.29. The number of fused-ring (bicyclic) bond motifs is 1. The number of halogens is 1. The van der Waals surface area contributed by atoms with E-state index in [2.05, 4.69) is 52.3 Å². The molecule has 0 spiro atoms. The van der Waals surface area contributed by atoms with Crippen molar-refractivity contribution in [2.75, 3.05) is 6.54 Å². The Morgan fingerprint density at radius 3 is 2.71 bits per heavy atom. The molecule has 2 aromatic carbocycles. The predicted octanol–water partition coefficient (Wildman–Crippen LogP) is 6.19. The highest BCUT2D eigenvalue weighted by molar-refractivity contribution is 9.10. The van der Waals surface area contributed by atoms with Gasteiger partial charge in [-0.3, -0.25) is 9.89 Å². The lowest BCUT2D eigenvalue weighted by molar-refractivity contribution is 0.0265. The van der Waals surface area contributed by atoms with Crippen LogP contribution in [0.3, 0.4) is 0 Å². The van der Waals surface area contributed by atoms with Crippen LogP contribution in [0.5, 0.6) is 0 Å². The Hall–Kier alpha value is -2.14. The summed E-state index contributed by atoms with van der Waals surface area (Å²) in [5.74, 6) is 0. The number of allylic oxidation sites excluding steroid dienone is 1. The highest BCUT2D eigenvalue weighted by Crippen LogP contribution is 2.32. The van der Waals surface area contributed by atoms with Crippen LogP contribution in [-0.4, -0.2) is 34.9 Å². The summed E-state index contributed by atoms with van der Waals surface area (Å²) >= 11 is 3.53. The first-order valence-electron chi connectivity index (χ1n) is 9.75. The summed E-state index contributed by atoms with van der Waals surface area (Å²) in [6.07, 6.45) is 4.45. The lowest BCUT2D eigenvalue weighted by Crippen LogP contribution is -2.43. The van der Waals surface area contributed by atoms with E-state index < -0.39 is 5.60 Å². The Kier molecular flexibility index (Phi) is 5.04. The molecule has 0 aliphatic carbocycles. The minimum absolute atomic E-state index is 0.0417. The fourth-order valence-electron chi connectivity index (χ4n) is 3.90. The zero-order chi connectivity index (χ0) is 19.9. The number of hydrogen-bond acceptors (Lipinski definition) is 3. The number of aliphatic imine (C=N–C) groups is 1. The molecule has 1 atom stereocenters. The Labute approximate surface area is 174 Å². The molecule has 2 aliphatic rings. The Morgan fingerprint density at radius 2 is 1.93 bits per heavy atom. The summed E-state index contributed by atoms with van der Waals surface area (Å²) < 4.78 is 6.68. The molecule has 4 rings (SSSR count). The standard InChI is InChI=1S/C23H25BrN2O2/c1-23(2,3)28-22(27)26-10-4-5-21(26)20-13-18(14-25-20)16-6-7-17-12-19(24)9-8-15(17)11-16/h6-9,11-12,14,21H,4-5,10,13H2,1-3H3/t21-/m0/s1. The van der Waals surface area contributed by atoms with E-state index in [9.17, 15) is 4.79 Å². The molecule has 4 nitrogen and oxygen atoms in total. The van der Waals surface area contributed by atoms with Gasteiger partial charge in [0.25, 0.3) is 0 Å². The average molecular weight is 441 g/mol. The van der Waals surface area contributed by atoms with Gasteiger partial charge in [-0.25, -0.2) is 4.79 Å². The van der Waals surface area contributed by atoms with Crippen LogP contribution in [0.4, 0.5) is 4.79 Å². The van der Waals surface area contributed by atoms with Gasteiger partial charge in [0, 0.05) is 29.3 Å². The molecule has 2 aliphatic heterocycles. The van der Waals surface area contributed by atoms with E-state index in [1.807, 2.05) is 31.9 Å². The maximum absolute atomic E-state index is 12.6. The van der Waals surface area contributed by atoms with Crippen LogP contribution in [0, 0.1) is 0 Å². The molecule has 5 heteroatoms. The van der Waals surface area contributed by atoms with Gasteiger partial charge in [0.1, 0.15) is 5.60 Å². The number of benzene rings is 2. The van der Waals surface area contributed by atoms with Crippen molar-refractivity contribution >= 4 is 44.1 Å². The minimum atomic E-state index is -0.481. The van der Waals surface area contributed by atoms with Crippen LogP contribution in [-0.2, 0) is 4.74 Å². The molecule has 0 N–H and O–H groups in total. The van der Waals surface area contributed by atoms with Gasteiger partial charge < -0.3 is 4.74 Å². The van der Waals surface area contributed by atoms with E-state index in [0.717, 1.165) is 36.0 Å². The normalized spacial score (nSPS) is 19.7. The number of carbonyl (C=O) groups is 1. The van der Waals surface area contributed by atoms with Gasteiger partial charge in [-0.15, -0.1) is 0 Å². The molecule has 0 aromatic heterocycles. The molecular weight excluding hydrogens is 416 g/mol. The summed E-state index contributed by atoms with van der Waals surface area (Å²) in [6, 6.07) is 12.9. The number of likely N-dealkylation sites (tertiary alicyclic amines) is 1. The van der Waals surface area contributed by atoms with Crippen molar-refractivity contribution in [2.24, 2.45) is 4.99 Å². The summed E-state index contributed by atoms with van der Waals surface area (Å²) in [5.41, 5.74) is 2.98. The first-order valence-corrected chi connectivity index (χ1v) is 10.5. The zero-order valence-electron chi connectivity index (χ0n) is 16.5. The van der Waals surface area contributed by atoms with Gasteiger partial charge >= 0.3 is 6.09 Å². The minimum Gasteiger partial charge on any atom is -0.444 e. The van der Waals surface area contributed by atoms with Gasteiger partial charge in [0.05, 0.1) is 6.04 Å². The number of amides is 1. The lowest BCUT2D eigenvalue weighted by Gasteiger charge is -2.28. The topological polar surface area (TPSA) is 41.9 Å². The summed E-state index contributed by atoms with van der Waals surface area (Å²) in [5, 5.41) is 2.43. The molecule has 0 radical (unpaired) electrons. The smallest absolute Gasteiger partial charge is 0.410 e. The van der Waals surface area contributed by atoms with E-state index in [1.54, 1.807) is 0 Å². The third kappa shape index (κ3) is 4.00. The first kappa shape index (κ1) is 19.2. The molecule has 1 fully saturated rings. The van der Waals surface area contributed by atoms with E-state index >= 15 is 0 Å². The maximum Gasteiger partial charge on any atom is 0.410 e. The van der Waals surface area contributed by atoms with Gasteiger partial charge in [-0.05, 0) is 73.7 Å². The Balaban J connectivity index is 1.48. The lowest BCUT2D eigenvalue weighted by atomic mass is 9.97. The van der Waals surface area contributed by atoms with E-state index in [-0.39, 0.29) is 12.1 Å². The fourth-order valence-corrected chi connectivity index (χ4v) is 4.28. The van der Waals surface area contributed by atoms with Crippen LogP contribution in [0.25, 0.3) is 16.3 Å². The molecule has 1 saturated heterocycles. The molecule has 0 bridgehead atoms. The maximum atomic E-state index is 12.6. The number of carbonyl (C=O) groups excluding carboxylic acids is 1. The molecule has 0 saturated carbocycles. The SMILES string of the molecule is CC(C)(C)OC(=O)N1CCC[C@H]1C1=NC=C(c2ccc3cc(Br)ccc3c2)C1. The molecule has 146 valence electrons. The number of ether oxygens (including phenoxy) is 1. The van der Waals surface area contributed by atoms with Crippen molar-refractivity contribution in [2.45, 2.75) is 51.7 Å². The number of hydrogen-bond donors (Lipinski definition) is 0. The van der Waals surface area contributed by atoms with Crippen molar-refractivity contribution in [3.05, 3.63) is 52.6 Å². The predicted molar refractivity (Wildman–Crippen MR) is 118 cm³/mol. The first-order chi connectivity index (χ1) is 13.3. The van der Waals surface area contributed by atoms with Crippen molar-refractivity contribution in [3.8, 4) is 0 Å². The van der Waals surface area contributed by atoms with E-state index in [0.29, 0.717) is 0 Å². The fraction of sp³-hybridized carbons (Fsp3) is 0.391.